The number of halogens is 2. The zero-order valence-electron chi connectivity index (χ0n) is 8.39. The molecule has 13 heavy (non-hydrogen) atoms. The SMILES string of the molecule is CCC(F)(F)C(C)(C)CS(=O)[O-].[Na+]. The second-order valence-electron chi connectivity index (χ2n) is 3.39. The molecule has 0 radical (unpaired) electrons. The van der Waals surface area contributed by atoms with E-state index >= 15 is 0 Å². The van der Waals surface area contributed by atoms with Crippen molar-refractivity contribution in [3.63, 3.8) is 0 Å². The zero-order valence-corrected chi connectivity index (χ0v) is 11.2. The summed E-state index contributed by atoms with van der Waals surface area (Å²) in [4.78, 5) is 0. The molecule has 0 spiro atoms. The van der Waals surface area contributed by atoms with Gasteiger partial charge in [-0.1, -0.05) is 31.9 Å². The maximum atomic E-state index is 13.0. The Morgan fingerprint density at radius 3 is 2.00 bits per heavy atom. The molecule has 0 heterocycles. The van der Waals surface area contributed by atoms with Gasteiger partial charge in [-0.05, 0) is 0 Å². The van der Waals surface area contributed by atoms with E-state index in [1.54, 1.807) is 0 Å². The van der Waals surface area contributed by atoms with E-state index < -0.39 is 28.2 Å². The van der Waals surface area contributed by atoms with Gasteiger partial charge in [-0.25, -0.2) is 8.78 Å². The monoisotopic (exact) mass is 222 g/mol. The first-order valence-electron chi connectivity index (χ1n) is 3.66. The summed E-state index contributed by atoms with van der Waals surface area (Å²) in [6.07, 6.45) is -0.336. The van der Waals surface area contributed by atoms with Crippen molar-refractivity contribution in [3.05, 3.63) is 0 Å². The van der Waals surface area contributed by atoms with Crippen LogP contribution >= 0.6 is 0 Å². The molecule has 0 N–H and O–H groups in total. The van der Waals surface area contributed by atoms with E-state index in [0.717, 1.165) is 0 Å². The third-order valence-corrected chi connectivity index (χ3v) is 2.87. The van der Waals surface area contributed by atoms with Gasteiger partial charge in [0.2, 0.25) is 0 Å². The summed E-state index contributed by atoms with van der Waals surface area (Å²) in [6, 6.07) is 0. The molecule has 74 valence electrons. The van der Waals surface area contributed by atoms with Crippen LogP contribution in [0, 0.1) is 5.41 Å². The van der Waals surface area contributed by atoms with Gasteiger partial charge >= 0.3 is 29.6 Å². The van der Waals surface area contributed by atoms with Crippen LogP contribution in [0.2, 0.25) is 0 Å². The van der Waals surface area contributed by atoms with Crippen LogP contribution < -0.4 is 29.6 Å². The summed E-state index contributed by atoms with van der Waals surface area (Å²) in [5.74, 6) is -3.43. The number of rotatable bonds is 4. The Morgan fingerprint density at radius 2 is 1.77 bits per heavy atom. The van der Waals surface area contributed by atoms with Crippen molar-refractivity contribution >= 4 is 11.1 Å². The van der Waals surface area contributed by atoms with E-state index in [0.29, 0.717) is 0 Å². The Morgan fingerprint density at radius 1 is 1.38 bits per heavy atom. The molecule has 0 aliphatic carbocycles. The predicted molar refractivity (Wildman–Crippen MR) is 42.8 cm³/mol. The topological polar surface area (TPSA) is 40.1 Å². The quantitative estimate of drug-likeness (QED) is 0.449. The standard InChI is InChI=1S/C7H14F2O2S.Na/c1-4-7(8,9)6(2,3)5-12(10)11;/h4-5H2,1-3H3,(H,10,11);/q;+1/p-1. The normalized spacial score (nSPS) is 14.9. The van der Waals surface area contributed by atoms with E-state index in [9.17, 15) is 17.5 Å². The van der Waals surface area contributed by atoms with E-state index in [1.165, 1.54) is 20.8 Å². The van der Waals surface area contributed by atoms with Gasteiger partial charge in [-0.2, -0.15) is 0 Å². The summed E-state index contributed by atoms with van der Waals surface area (Å²) in [7, 11) is 0. The third kappa shape index (κ3) is 4.83. The molecule has 0 aromatic heterocycles. The first-order valence-corrected chi connectivity index (χ1v) is 4.91. The molecule has 0 amide bonds. The van der Waals surface area contributed by atoms with Crippen LogP contribution in [0.25, 0.3) is 0 Å². The van der Waals surface area contributed by atoms with Crippen LogP contribution in [-0.2, 0) is 11.1 Å². The van der Waals surface area contributed by atoms with Crippen molar-refractivity contribution in [2.24, 2.45) is 5.41 Å². The Kier molecular flexibility index (Phi) is 7.26. The number of hydrogen-bond donors (Lipinski definition) is 0. The van der Waals surface area contributed by atoms with E-state index in [1.807, 2.05) is 0 Å². The Balaban J connectivity index is 0. The van der Waals surface area contributed by atoms with Crippen molar-refractivity contribution in [1.29, 1.82) is 0 Å². The molecule has 0 saturated heterocycles. The number of alkyl halides is 2. The summed E-state index contributed by atoms with van der Waals surface area (Å²) in [5.41, 5.74) is -1.48. The van der Waals surface area contributed by atoms with Gasteiger partial charge in [0, 0.05) is 17.6 Å². The molecule has 1 unspecified atom stereocenters. The van der Waals surface area contributed by atoms with Crippen LogP contribution in [0.4, 0.5) is 8.78 Å². The minimum Gasteiger partial charge on any atom is -0.772 e. The van der Waals surface area contributed by atoms with Crippen LogP contribution in [-0.4, -0.2) is 20.4 Å². The fourth-order valence-corrected chi connectivity index (χ4v) is 1.68. The van der Waals surface area contributed by atoms with E-state index in [-0.39, 0.29) is 36.0 Å². The Hall–Kier alpha value is 0.970. The minimum atomic E-state index is -2.92. The molecule has 0 aromatic rings. The average molecular weight is 222 g/mol. The smallest absolute Gasteiger partial charge is 0.772 e. The average Bonchev–Trinajstić information content (AvgIpc) is 1.84. The molecule has 0 saturated carbocycles. The zero-order chi connectivity index (χ0) is 9.99. The van der Waals surface area contributed by atoms with Crippen LogP contribution in [0.1, 0.15) is 27.2 Å². The Bertz CT molecular complexity index is 185. The summed E-state index contributed by atoms with van der Waals surface area (Å²) < 4.78 is 46.5. The summed E-state index contributed by atoms with van der Waals surface area (Å²) in [5, 5.41) is 0. The van der Waals surface area contributed by atoms with Gasteiger partial charge in [-0.15, -0.1) is 0 Å². The predicted octanol–water partition coefficient (Wildman–Crippen LogP) is -1.06. The maximum Gasteiger partial charge on any atom is 1.00 e. The summed E-state index contributed by atoms with van der Waals surface area (Å²) in [6.45, 7) is 3.86. The second-order valence-corrected chi connectivity index (χ2v) is 4.29. The molecule has 2 nitrogen and oxygen atoms in total. The molecule has 1 atom stereocenters. The molecular formula is C7H13F2NaO2S. The van der Waals surface area contributed by atoms with Gasteiger partial charge in [-0.3, -0.25) is 4.21 Å². The van der Waals surface area contributed by atoms with Crippen LogP contribution in [0.3, 0.4) is 0 Å². The van der Waals surface area contributed by atoms with Crippen molar-refractivity contribution in [2.75, 3.05) is 5.75 Å². The van der Waals surface area contributed by atoms with Crippen molar-refractivity contribution in [1.82, 2.24) is 0 Å². The van der Waals surface area contributed by atoms with E-state index in [4.69, 9.17) is 0 Å². The molecule has 0 rings (SSSR count). The van der Waals surface area contributed by atoms with Crippen molar-refractivity contribution < 1.29 is 47.1 Å². The molecule has 0 aliphatic heterocycles. The van der Waals surface area contributed by atoms with Crippen molar-refractivity contribution in [3.8, 4) is 0 Å². The maximum absolute atomic E-state index is 13.0. The fraction of sp³-hybridized carbons (Fsp3) is 1.00. The Labute approximate surface area is 102 Å². The van der Waals surface area contributed by atoms with Crippen LogP contribution in [0.15, 0.2) is 0 Å². The van der Waals surface area contributed by atoms with Crippen molar-refractivity contribution in [2.45, 2.75) is 33.1 Å². The largest absolute Gasteiger partial charge is 1.00 e. The van der Waals surface area contributed by atoms with Gasteiger partial charge in [0.05, 0.1) is 0 Å². The van der Waals surface area contributed by atoms with E-state index in [2.05, 4.69) is 0 Å². The first-order chi connectivity index (χ1) is 5.23. The fourth-order valence-electron chi connectivity index (χ4n) is 0.879. The second kappa shape index (κ2) is 5.75. The minimum absolute atomic E-state index is 0. The van der Waals surface area contributed by atoms with Crippen LogP contribution in [0.5, 0.6) is 0 Å². The first kappa shape index (κ1) is 16.4. The summed E-state index contributed by atoms with van der Waals surface area (Å²) >= 11 is -2.41. The van der Waals surface area contributed by atoms with Gasteiger partial charge < -0.3 is 4.55 Å². The molecular weight excluding hydrogens is 209 g/mol. The van der Waals surface area contributed by atoms with Gasteiger partial charge in [0.1, 0.15) is 0 Å². The number of hydrogen-bond acceptors (Lipinski definition) is 2. The molecule has 6 heteroatoms. The molecule has 0 aromatic carbocycles. The van der Waals surface area contributed by atoms with Gasteiger partial charge in [0.25, 0.3) is 5.92 Å². The molecule has 0 fully saturated rings. The third-order valence-electron chi connectivity index (χ3n) is 1.91. The molecule has 0 aliphatic rings. The molecule has 0 bridgehead atoms. The van der Waals surface area contributed by atoms with Gasteiger partial charge in [0.15, 0.2) is 0 Å².